The highest BCUT2D eigenvalue weighted by molar-refractivity contribution is 5.59. The Labute approximate surface area is 58.3 Å². The van der Waals surface area contributed by atoms with Gasteiger partial charge in [-0.15, -0.1) is 0 Å². The standard InChI is InChI=1S/C7H7NO2/c9-5-7(10)6-1-3-8-4-2-6/h1-5,7,10H/t7-/m1/s1. The first kappa shape index (κ1) is 6.89. The number of pyridine rings is 1. The molecule has 0 aliphatic heterocycles. The predicted molar refractivity (Wildman–Crippen MR) is 35.3 cm³/mol. The van der Waals surface area contributed by atoms with Gasteiger partial charge >= 0.3 is 0 Å². The maximum Gasteiger partial charge on any atom is 0.153 e. The first-order chi connectivity index (χ1) is 4.84. The quantitative estimate of drug-likeness (QED) is 0.597. The third-order valence-corrected chi connectivity index (χ3v) is 1.18. The van der Waals surface area contributed by atoms with Gasteiger partial charge in [-0.25, -0.2) is 0 Å². The smallest absolute Gasteiger partial charge is 0.153 e. The lowest BCUT2D eigenvalue weighted by atomic mass is 10.2. The summed E-state index contributed by atoms with van der Waals surface area (Å²) in [4.78, 5) is 13.8. The second-order valence-corrected chi connectivity index (χ2v) is 1.86. The van der Waals surface area contributed by atoms with Crippen LogP contribution in [0.5, 0.6) is 0 Å². The normalized spacial score (nSPS) is 12.5. The van der Waals surface area contributed by atoms with Crippen LogP contribution >= 0.6 is 0 Å². The fourth-order valence-electron chi connectivity index (χ4n) is 0.639. The topological polar surface area (TPSA) is 50.2 Å². The first-order valence-electron chi connectivity index (χ1n) is 2.88. The Hall–Kier alpha value is -1.22. The van der Waals surface area contributed by atoms with Crippen molar-refractivity contribution < 1.29 is 9.90 Å². The van der Waals surface area contributed by atoms with Gasteiger partial charge in [-0.3, -0.25) is 4.98 Å². The number of aliphatic hydroxyl groups is 1. The van der Waals surface area contributed by atoms with Crippen LogP contribution in [-0.2, 0) is 4.79 Å². The molecule has 0 aliphatic rings. The number of carbonyl (C=O) groups excluding carboxylic acids is 1. The molecule has 1 N–H and O–H groups in total. The summed E-state index contributed by atoms with van der Waals surface area (Å²) in [6.45, 7) is 0. The van der Waals surface area contributed by atoms with Gasteiger partial charge < -0.3 is 9.90 Å². The van der Waals surface area contributed by atoms with Crippen LogP contribution in [0.15, 0.2) is 24.5 Å². The van der Waals surface area contributed by atoms with Gasteiger partial charge in [-0.1, -0.05) is 0 Å². The molecule has 0 saturated heterocycles. The molecule has 0 aliphatic carbocycles. The molecule has 0 fully saturated rings. The molecule has 3 nitrogen and oxygen atoms in total. The number of hydrogen-bond donors (Lipinski definition) is 1. The van der Waals surface area contributed by atoms with Crippen LogP contribution < -0.4 is 0 Å². The van der Waals surface area contributed by atoms with E-state index in [1.807, 2.05) is 0 Å². The molecule has 0 radical (unpaired) electrons. The highest BCUT2D eigenvalue weighted by Gasteiger charge is 2.02. The molecule has 1 rings (SSSR count). The zero-order valence-corrected chi connectivity index (χ0v) is 5.27. The molecule has 0 aromatic carbocycles. The molecule has 1 heterocycles. The number of carbonyl (C=O) groups is 1. The SMILES string of the molecule is O=C[C@@H](O)c1ccncc1. The number of nitrogens with zero attached hydrogens (tertiary/aromatic N) is 1. The van der Waals surface area contributed by atoms with Crippen LogP contribution in [-0.4, -0.2) is 16.4 Å². The highest BCUT2D eigenvalue weighted by atomic mass is 16.3. The van der Waals surface area contributed by atoms with Gasteiger partial charge in [-0.05, 0) is 17.7 Å². The number of aromatic nitrogens is 1. The highest BCUT2D eigenvalue weighted by Crippen LogP contribution is 2.06. The fourth-order valence-corrected chi connectivity index (χ4v) is 0.639. The number of rotatable bonds is 2. The summed E-state index contributed by atoms with van der Waals surface area (Å²) >= 11 is 0. The second kappa shape index (κ2) is 3.08. The Morgan fingerprint density at radius 1 is 1.50 bits per heavy atom. The van der Waals surface area contributed by atoms with Crippen molar-refractivity contribution in [3.8, 4) is 0 Å². The Kier molecular flexibility index (Phi) is 2.12. The second-order valence-electron chi connectivity index (χ2n) is 1.86. The third-order valence-electron chi connectivity index (χ3n) is 1.18. The first-order valence-corrected chi connectivity index (χ1v) is 2.88. The molecule has 1 aromatic rings. The van der Waals surface area contributed by atoms with Crippen LogP contribution in [0.25, 0.3) is 0 Å². The van der Waals surface area contributed by atoms with Crippen molar-refractivity contribution in [2.24, 2.45) is 0 Å². The third kappa shape index (κ3) is 1.39. The van der Waals surface area contributed by atoms with E-state index in [1.165, 1.54) is 12.4 Å². The minimum atomic E-state index is -1.01. The van der Waals surface area contributed by atoms with Crippen LogP contribution in [0, 0.1) is 0 Å². The summed E-state index contributed by atoms with van der Waals surface area (Å²) in [5.74, 6) is 0. The number of aldehydes is 1. The lowest BCUT2D eigenvalue weighted by molar-refractivity contribution is -0.115. The summed E-state index contributed by atoms with van der Waals surface area (Å²) in [7, 11) is 0. The van der Waals surface area contributed by atoms with Crippen LogP contribution in [0.2, 0.25) is 0 Å². The summed E-state index contributed by atoms with van der Waals surface area (Å²) in [5, 5.41) is 8.93. The van der Waals surface area contributed by atoms with E-state index in [-0.39, 0.29) is 0 Å². The van der Waals surface area contributed by atoms with Crippen molar-refractivity contribution in [1.82, 2.24) is 4.98 Å². The van der Waals surface area contributed by atoms with Crippen molar-refractivity contribution in [3.05, 3.63) is 30.1 Å². The van der Waals surface area contributed by atoms with E-state index in [1.54, 1.807) is 12.1 Å². The van der Waals surface area contributed by atoms with Gasteiger partial charge in [0.15, 0.2) is 6.29 Å². The minimum absolute atomic E-state index is 0.481. The summed E-state index contributed by atoms with van der Waals surface area (Å²) in [6.07, 6.45) is 2.53. The van der Waals surface area contributed by atoms with Gasteiger partial charge in [0.25, 0.3) is 0 Å². The van der Waals surface area contributed by atoms with E-state index in [0.717, 1.165) is 0 Å². The van der Waals surface area contributed by atoms with Crippen LogP contribution in [0.3, 0.4) is 0 Å². The van der Waals surface area contributed by atoms with E-state index in [9.17, 15) is 4.79 Å². The average molecular weight is 137 g/mol. The molecule has 3 heteroatoms. The van der Waals surface area contributed by atoms with E-state index < -0.39 is 6.10 Å². The van der Waals surface area contributed by atoms with Crippen molar-refractivity contribution >= 4 is 6.29 Å². The Morgan fingerprint density at radius 2 is 2.10 bits per heavy atom. The monoisotopic (exact) mass is 137 g/mol. The van der Waals surface area contributed by atoms with E-state index >= 15 is 0 Å². The lowest BCUT2D eigenvalue weighted by Gasteiger charge is -1.99. The van der Waals surface area contributed by atoms with Crippen molar-refractivity contribution in [3.63, 3.8) is 0 Å². The van der Waals surface area contributed by atoms with Gasteiger partial charge in [0.1, 0.15) is 6.10 Å². The molecular weight excluding hydrogens is 130 g/mol. The zero-order chi connectivity index (χ0) is 7.40. The summed E-state index contributed by atoms with van der Waals surface area (Å²) < 4.78 is 0. The van der Waals surface area contributed by atoms with Gasteiger partial charge in [0, 0.05) is 12.4 Å². The van der Waals surface area contributed by atoms with Crippen LogP contribution in [0.4, 0.5) is 0 Å². The summed E-state index contributed by atoms with van der Waals surface area (Å²) in [6, 6.07) is 3.19. The molecule has 1 aromatic heterocycles. The van der Waals surface area contributed by atoms with Crippen molar-refractivity contribution in [2.75, 3.05) is 0 Å². The Balaban J connectivity index is 2.84. The van der Waals surface area contributed by atoms with Gasteiger partial charge in [0.2, 0.25) is 0 Å². The molecule has 0 bridgehead atoms. The van der Waals surface area contributed by atoms with Crippen molar-refractivity contribution in [1.29, 1.82) is 0 Å². The van der Waals surface area contributed by atoms with E-state index in [4.69, 9.17) is 5.11 Å². The van der Waals surface area contributed by atoms with Gasteiger partial charge in [0.05, 0.1) is 0 Å². The maximum atomic E-state index is 10.0. The molecule has 1 atom stereocenters. The molecule has 0 saturated carbocycles. The minimum Gasteiger partial charge on any atom is -0.381 e. The molecule has 10 heavy (non-hydrogen) atoms. The Morgan fingerprint density at radius 3 is 2.60 bits per heavy atom. The molecular formula is C7H7NO2. The van der Waals surface area contributed by atoms with E-state index in [2.05, 4.69) is 4.98 Å². The van der Waals surface area contributed by atoms with Crippen molar-refractivity contribution in [2.45, 2.75) is 6.10 Å². The average Bonchev–Trinajstić information content (AvgIpc) is 2.05. The largest absolute Gasteiger partial charge is 0.381 e. The molecule has 52 valence electrons. The zero-order valence-electron chi connectivity index (χ0n) is 5.27. The Bertz CT molecular complexity index is 210. The number of hydrogen-bond acceptors (Lipinski definition) is 3. The molecule has 0 spiro atoms. The van der Waals surface area contributed by atoms with Crippen LogP contribution in [0.1, 0.15) is 11.7 Å². The lowest BCUT2D eigenvalue weighted by Crippen LogP contribution is -1.97. The fraction of sp³-hybridized carbons (Fsp3) is 0.143. The maximum absolute atomic E-state index is 10.0. The summed E-state index contributed by atoms with van der Waals surface area (Å²) in [5.41, 5.74) is 0.574. The molecule has 0 amide bonds. The van der Waals surface area contributed by atoms with Gasteiger partial charge in [-0.2, -0.15) is 0 Å². The molecule has 0 unspecified atom stereocenters. The van der Waals surface area contributed by atoms with E-state index in [0.29, 0.717) is 11.8 Å². The number of aliphatic hydroxyl groups excluding tert-OH is 1. The predicted octanol–water partition coefficient (Wildman–Crippen LogP) is 0.314.